The van der Waals surface area contributed by atoms with Crippen molar-refractivity contribution in [3.05, 3.63) is 22.4 Å². The van der Waals surface area contributed by atoms with Gasteiger partial charge in [-0.1, -0.05) is 0 Å². The number of hydrogen-bond acceptors (Lipinski definition) is 3. The zero-order valence-electron chi connectivity index (χ0n) is 9.03. The molecule has 1 aromatic rings. The van der Waals surface area contributed by atoms with Crippen molar-refractivity contribution in [2.24, 2.45) is 0 Å². The lowest BCUT2D eigenvalue weighted by atomic mass is 10.1. The van der Waals surface area contributed by atoms with Crippen molar-refractivity contribution in [1.82, 2.24) is 9.88 Å². The van der Waals surface area contributed by atoms with E-state index in [2.05, 4.69) is 32.9 Å². The van der Waals surface area contributed by atoms with Crippen molar-refractivity contribution in [2.75, 3.05) is 20.2 Å². The van der Waals surface area contributed by atoms with Gasteiger partial charge < -0.3 is 4.74 Å². The lowest BCUT2D eigenvalue weighted by Gasteiger charge is -2.37. The molecule has 0 unspecified atom stereocenters. The summed E-state index contributed by atoms with van der Waals surface area (Å²) >= 11 is 3.44. The second-order valence-corrected chi connectivity index (χ2v) is 4.83. The van der Waals surface area contributed by atoms with Gasteiger partial charge >= 0.3 is 0 Å². The third-order valence-electron chi connectivity index (χ3n) is 2.88. The Bertz CT molecular complexity index is 356. The Morgan fingerprint density at radius 1 is 1.67 bits per heavy atom. The smallest absolute Gasteiger partial charge is 0.138 e. The van der Waals surface area contributed by atoms with E-state index in [0.717, 1.165) is 22.5 Å². The molecule has 0 saturated carbocycles. The maximum atomic E-state index is 5.68. The van der Waals surface area contributed by atoms with Gasteiger partial charge in [0.1, 0.15) is 12.4 Å². The van der Waals surface area contributed by atoms with Crippen LogP contribution in [0.1, 0.15) is 12.1 Å². The fourth-order valence-electron chi connectivity index (χ4n) is 1.54. The monoisotopic (exact) mass is 270 g/mol. The van der Waals surface area contributed by atoms with Crippen LogP contribution in [0, 0.1) is 6.92 Å². The molecule has 0 bridgehead atoms. The molecule has 0 aliphatic carbocycles. The average molecular weight is 271 g/mol. The molecule has 2 rings (SSSR count). The number of likely N-dealkylation sites (N-methyl/N-ethyl adjacent to an activating group) is 1. The van der Waals surface area contributed by atoms with E-state index in [0.29, 0.717) is 6.04 Å². The first-order chi connectivity index (χ1) is 7.16. The van der Waals surface area contributed by atoms with Gasteiger partial charge in [-0.2, -0.15) is 0 Å². The van der Waals surface area contributed by atoms with Crippen molar-refractivity contribution in [2.45, 2.75) is 19.4 Å². The molecule has 82 valence electrons. The zero-order valence-corrected chi connectivity index (χ0v) is 10.6. The summed E-state index contributed by atoms with van der Waals surface area (Å²) < 4.78 is 6.68. The summed E-state index contributed by atoms with van der Waals surface area (Å²) in [7, 11) is 2.13. The van der Waals surface area contributed by atoms with E-state index in [9.17, 15) is 0 Å². The van der Waals surface area contributed by atoms with Gasteiger partial charge in [0.15, 0.2) is 0 Å². The van der Waals surface area contributed by atoms with E-state index < -0.39 is 0 Å². The Kier molecular flexibility index (Phi) is 3.26. The van der Waals surface area contributed by atoms with Crippen molar-refractivity contribution >= 4 is 15.9 Å². The van der Waals surface area contributed by atoms with Crippen LogP contribution in [0.3, 0.4) is 0 Å². The summed E-state index contributed by atoms with van der Waals surface area (Å²) in [6, 6.07) is 2.55. The first kappa shape index (κ1) is 10.9. The van der Waals surface area contributed by atoms with Crippen LogP contribution >= 0.6 is 15.9 Å². The average Bonchev–Trinajstić information content (AvgIpc) is 2.21. The summed E-state index contributed by atoms with van der Waals surface area (Å²) in [6.45, 7) is 3.91. The molecule has 0 N–H and O–H groups in total. The van der Waals surface area contributed by atoms with E-state index in [4.69, 9.17) is 4.74 Å². The fourth-order valence-corrected chi connectivity index (χ4v) is 1.87. The van der Waals surface area contributed by atoms with Gasteiger partial charge in [0.2, 0.25) is 0 Å². The maximum Gasteiger partial charge on any atom is 0.138 e. The van der Waals surface area contributed by atoms with Gasteiger partial charge in [0.05, 0.1) is 11.9 Å². The number of halogens is 1. The predicted octanol–water partition coefficient (Wildman–Crippen LogP) is 2.24. The van der Waals surface area contributed by atoms with E-state index in [1.54, 1.807) is 6.20 Å². The topological polar surface area (TPSA) is 25.4 Å². The number of pyridine rings is 1. The SMILES string of the molecule is Cc1ncc(OC[C@@H]2CCN2C)cc1Br. The first-order valence-corrected chi connectivity index (χ1v) is 5.91. The summed E-state index contributed by atoms with van der Waals surface area (Å²) in [4.78, 5) is 6.54. The van der Waals surface area contributed by atoms with E-state index in [1.807, 2.05) is 13.0 Å². The molecule has 1 fully saturated rings. The van der Waals surface area contributed by atoms with Crippen molar-refractivity contribution in [3.8, 4) is 5.75 Å². The molecule has 1 aromatic heterocycles. The molecular weight excluding hydrogens is 256 g/mol. The van der Waals surface area contributed by atoms with Gasteiger partial charge in [-0.3, -0.25) is 9.88 Å². The highest BCUT2D eigenvalue weighted by Crippen LogP contribution is 2.21. The minimum atomic E-state index is 0.574. The number of aryl methyl sites for hydroxylation is 1. The van der Waals surface area contributed by atoms with Crippen LogP contribution in [0.25, 0.3) is 0 Å². The molecule has 4 heteroatoms. The summed E-state index contributed by atoms with van der Waals surface area (Å²) in [5.41, 5.74) is 0.989. The molecule has 0 spiro atoms. The molecule has 0 radical (unpaired) electrons. The second kappa shape index (κ2) is 4.49. The zero-order chi connectivity index (χ0) is 10.8. The van der Waals surface area contributed by atoms with Crippen molar-refractivity contribution < 1.29 is 4.74 Å². The minimum absolute atomic E-state index is 0.574. The van der Waals surface area contributed by atoms with Crippen LogP contribution in [-0.4, -0.2) is 36.1 Å². The molecule has 3 nitrogen and oxygen atoms in total. The summed E-state index contributed by atoms with van der Waals surface area (Å²) in [6.07, 6.45) is 3.01. The number of hydrogen-bond donors (Lipinski definition) is 0. The van der Waals surface area contributed by atoms with E-state index >= 15 is 0 Å². The normalized spacial score (nSPS) is 21.1. The van der Waals surface area contributed by atoms with Crippen LogP contribution in [0.2, 0.25) is 0 Å². The van der Waals surface area contributed by atoms with Gasteiger partial charge in [-0.15, -0.1) is 0 Å². The molecular formula is C11H15BrN2O. The number of rotatable bonds is 3. The van der Waals surface area contributed by atoms with Crippen molar-refractivity contribution in [1.29, 1.82) is 0 Å². The van der Waals surface area contributed by atoms with Crippen molar-refractivity contribution in [3.63, 3.8) is 0 Å². The highest BCUT2D eigenvalue weighted by atomic mass is 79.9. The maximum absolute atomic E-state index is 5.68. The Morgan fingerprint density at radius 2 is 2.47 bits per heavy atom. The molecule has 2 heterocycles. The Balaban J connectivity index is 1.90. The lowest BCUT2D eigenvalue weighted by Crippen LogP contribution is -2.48. The highest BCUT2D eigenvalue weighted by molar-refractivity contribution is 9.10. The van der Waals surface area contributed by atoms with Gasteiger partial charge in [-0.05, 0) is 48.9 Å². The minimum Gasteiger partial charge on any atom is -0.490 e. The van der Waals surface area contributed by atoms with Crippen LogP contribution in [0.4, 0.5) is 0 Å². The van der Waals surface area contributed by atoms with Crippen LogP contribution < -0.4 is 4.74 Å². The quantitative estimate of drug-likeness (QED) is 0.843. The molecule has 0 aromatic carbocycles. The third-order valence-corrected chi connectivity index (χ3v) is 3.68. The Labute approximate surface area is 98.6 Å². The Hall–Kier alpha value is -0.610. The molecule has 0 amide bonds. The predicted molar refractivity (Wildman–Crippen MR) is 63.2 cm³/mol. The molecule has 1 aliphatic rings. The summed E-state index contributed by atoms with van der Waals surface area (Å²) in [5, 5.41) is 0. The number of likely N-dealkylation sites (tertiary alicyclic amines) is 1. The molecule has 15 heavy (non-hydrogen) atoms. The number of aromatic nitrogens is 1. The number of ether oxygens (including phenoxy) is 1. The standard InChI is InChI=1S/C11H15BrN2O/c1-8-11(12)5-10(6-13-8)15-7-9-3-4-14(9)2/h5-6,9H,3-4,7H2,1-2H3/t9-/m0/s1. The summed E-state index contributed by atoms with van der Waals surface area (Å²) in [5.74, 6) is 0.841. The van der Waals surface area contributed by atoms with Gasteiger partial charge in [-0.25, -0.2) is 0 Å². The molecule has 1 atom stereocenters. The Morgan fingerprint density at radius 3 is 3.00 bits per heavy atom. The first-order valence-electron chi connectivity index (χ1n) is 5.12. The van der Waals surface area contributed by atoms with Crippen LogP contribution in [-0.2, 0) is 0 Å². The van der Waals surface area contributed by atoms with E-state index in [1.165, 1.54) is 13.0 Å². The van der Waals surface area contributed by atoms with Gasteiger partial charge in [0, 0.05) is 10.5 Å². The van der Waals surface area contributed by atoms with Crippen LogP contribution in [0.5, 0.6) is 5.75 Å². The molecule has 1 saturated heterocycles. The van der Waals surface area contributed by atoms with E-state index in [-0.39, 0.29) is 0 Å². The highest BCUT2D eigenvalue weighted by Gasteiger charge is 2.24. The fraction of sp³-hybridized carbons (Fsp3) is 0.545. The second-order valence-electron chi connectivity index (χ2n) is 3.97. The van der Waals surface area contributed by atoms with Crippen LogP contribution in [0.15, 0.2) is 16.7 Å². The lowest BCUT2D eigenvalue weighted by molar-refractivity contribution is 0.0767. The molecule has 1 aliphatic heterocycles. The third kappa shape index (κ3) is 2.49. The largest absolute Gasteiger partial charge is 0.490 e. The number of nitrogens with zero attached hydrogens (tertiary/aromatic N) is 2. The van der Waals surface area contributed by atoms with Gasteiger partial charge in [0.25, 0.3) is 0 Å².